The second-order valence-electron chi connectivity index (χ2n) is 11.2. The fraction of sp³-hybridized carbons (Fsp3) is 0.846. The third kappa shape index (κ3) is 3.22. The molecule has 0 aliphatic heterocycles. The quantitative estimate of drug-likeness (QED) is 0.431. The summed E-state index contributed by atoms with van der Waals surface area (Å²) in [5.74, 6) is 2.91. The topological polar surface area (TPSA) is 43.4 Å². The Morgan fingerprint density at radius 1 is 1.14 bits per heavy atom. The predicted molar refractivity (Wildman–Crippen MR) is 115 cm³/mol. The molecule has 3 nitrogen and oxygen atoms in total. The molecule has 0 aromatic carbocycles. The van der Waals surface area contributed by atoms with E-state index in [1.165, 1.54) is 19.3 Å². The Bertz CT molecular complexity index is 696. The molecule has 0 aromatic heterocycles. The van der Waals surface area contributed by atoms with Crippen LogP contribution in [0.25, 0.3) is 0 Å². The van der Waals surface area contributed by atoms with Gasteiger partial charge < -0.3 is 4.74 Å². The molecular formula is C26H40O3. The van der Waals surface area contributed by atoms with Gasteiger partial charge in [0, 0.05) is 18.3 Å². The highest BCUT2D eigenvalue weighted by atomic mass is 16.5. The third-order valence-corrected chi connectivity index (χ3v) is 9.96. The van der Waals surface area contributed by atoms with Crippen molar-refractivity contribution >= 4 is 11.8 Å². The van der Waals surface area contributed by atoms with Crippen LogP contribution in [-0.2, 0) is 14.3 Å². The first-order valence-electron chi connectivity index (χ1n) is 12.1. The molecule has 162 valence electrons. The summed E-state index contributed by atoms with van der Waals surface area (Å²) in [6, 6.07) is 0. The number of ketones is 1. The van der Waals surface area contributed by atoms with Crippen molar-refractivity contribution in [2.75, 3.05) is 0 Å². The highest BCUT2D eigenvalue weighted by molar-refractivity contribution is 5.83. The van der Waals surface area contributed by atoms with Crippen LogP contribution in [0.5, 0.6) is 0 Å². The number of hydrogen-bond donors (Lipinski definition) is 0. The number of hydrogen-bond acceptors (Lipinski definition) is 3. The molecule has 3 saturated carbocycles. The molecule has 0 aromatic rings. The number of ether oxygens (including phenoxy) is 1. The van der Waals surface area contributed by atoms with Crippen molar-refractivity contribution in [2.45, 2.75) is 92.1 Å². The van der Waals surface area contributed by atoms with E-state index in [4.69, 9.17) is 4.74 Å². The van der Waals surface area contributed by atoms with E-state index < -0.39 is 0 Å². The molecule has 4 rings (SSSR count). The van der Waals surface area contributed by atoms with E-state index in [0.29, 0.717) is 29.5 Å². The normalized spacial score (nSPS) is 45.7. The van der Waals surface area contributed by atoms with Crippen LogP contribution in [0.3, 0.4) is 0 Å². The van der Waals surface area contributed by atoms with Crippen LogP contribution < -0.4 is 0 Å². The maximum atomic E-state index is 13.1. The Balaban J connectivity index is 1.54. The number of Topliss-reactive ketones (excluding diaryl/α,β-unsaturated/α-hetero) is 1. The van der Waals surface area contributed by atoms with Crippen LogP contribution in [0, 0.1) is 46.3 Å². The summed E-state index contributed by atoms with van der Waals surface area (Å²) >= 11 is 0. The van der Waals surface area contributed by atoms with Crippen molar-refractivity contribution in [2.24, 2.45) is 46.3 Å². The standard InChI is InChI=1S/C26H40O3/c1-6-16(2)24(28)29-17(3)19-10-11-20-18-15-23(27)22-9-7-8-13-25(22,4)21(18)12-14-26(19,20)5/h7-8,16-22H,6,9-15H2,1-5H3/t16?,17-,18+,19-,20+,21+,22-,25-,26-/m1/s1. The zero-order chi connectivity index (χ0) is 21.0. The summed E-state index contributed by atoms with van der Waals surface area (Å²) in [4.78, 5) is 25.6. The summed E-state index contributed by atoms with van der Waals surface area (Å²) in [6.45, 7) is 11.0. The van der Waals surface area contributed by atoms with Crippen molar-refractivity contribution in [3.05, 3.63) is 12.2 Å². The molecule has 4 aliphatic rings. The monoisotopic (exact) mass is 400 g/mol. The molecule has 4 aliphatic carbocycles. The molecule has 0 saturated heterocycles. The van der Waals surface area contributed by atoms with Crippen LogP contribution in [-0.4, -0.2) is 17.9 Å². The number of carbonyl (C=O) groups excluding carboxylic acids is 2. The Kier molecular flexibility index (Phi) is 5.49. The number of allylic oxidation sites excluding steroid dienone is 2. The first kappa shape index (κ1) is 21.1. The minimum absolute atomic E-state index is 0.0228. The van der Waals surface area contributed by atoms with E-state index in [-0.39, 0.29) is 34.7 Å². The molecule has 0 radical (unpaired) electrons. The van der Waals surface area contributed by atoms with E-state index in [9.17, 15) is 9.59 Å². The number of esters is 1. The van der Waals surface area contributed by atoms with Crippen LogP contribution in [0.4, 0.5) is 0 Å². The highest BCUT2D eigenvalue weighted by Gasteiger charge is 2.62. The van der Waals surface area contributed by atoms with Crippen molar-refractivity contribution in [1.29, 1.82) is 0 Å². The van der Waals surface area contributed by atoms with E-state index in [1.807, 2.05) is 13.8 Å². The second-order valence-corrected chi connectivity index (χ2v) is 11.2. The predicted octanol–water partition coefficient (Wildman–Crippen LogP) is 5.97. The Morgan fingerprint density at radius 2 is 1.86 bits per heavy atom. The van der Waals surface area contributed by atoms with Crippen molar-refractivity contribution in [3.8, 4) is 0 Å². The van der Waals surface area contributed by atoms with Gasteiger partial charge in [-0.2, -0.15) is 0 Å². The molecular weight excluding hydrogens is 360 g/mol. The van der Waals surface area contributed by atoms with Crippen molar-refractivity contribution in [1.82, 2.24) is 0 Å². The van der Waals surface area contributed by atoms with Gasteiger partial charge in [-0.25, -0.2) is 0 Å². The van der Waals surface area contributed by atoms with Gasteiger partial charge in [0.05, 0.1) is 5.92 Å². The van der Waals surface area contributed by atoms with Gasteiger partial charge in [0.2, 0.25) is 0 Å². The molecule has 9 atom stereocenters. The zero-order valence-electron chi connectivity index (χ0n) is 19.1. The zero-order valence-corrected chi connectivity index (χ0v) is 19.1. The lowest BCUT2D eigenvalue weighted by atomic mass is 9.45. The first-order valence-corrected chi connectivity index (χ1v) is 12.1. The van der Waals surface area contributed by atoms with Gasteiger partial charge in [-0.3, -0.25) is 9.59 Å². The van der Waals surface area contributed by atoms with Gasteiger partial charge in [-0.1, -0.05) is 39.8 Å². The molecule has 0 amide bonds. The first-order chi connectivity index (χ1) is 13.7. The van der Waals surface area contributed by atoms with Gasteiger partial charge in [0.1, 0.15) is 11.9 Å². The third-order valence-electron chi connectivity index (χ3n) is 9.96. The lowest BCUT2D eigenvalue weighted by Crippen LogP contribution is -2.55. The Hall–Kier alpha value is -1.12. The molecule has 29 heavy (non-hydrogen) atoms. The summed E-state index contributed by atoms with van der Waals surface area (Å²) in [5, 5.41) is 0. The minimum atomic E-state index is -0.0436. The van der Waals surface area contributed by atoms with Crippen molar-refractivity contribution in [3.63, 3.8) is 0 Å². The van der Waals surface area contributed by atoms with Gasteiger partial charge in [-0.15, -0.1) is 0 Å². The Labute approximate surface area is 177 Å². The summed E-state index contributed by atoms with van der Waals surface area (Å²) in [5.41, 5.74) is 0.354. The van der Waals surface area contributed by atoms with E-state index >= 15 is 0 Å². The highest BCUT2D eigenvalue weighted by Crippen LogP contribution is 2.66. The number of fused-ring (bicyclic) bond motifs is 5. The van der Waals surface area contributed by atoms with E-state index in [0.717, 1.165) is 32.1 Å². The molecule has 0 heterocycles. The maximum absolute atomic E-state index is 13.1. The molecule has 0 bridgehead atoms. The number of carbonyl (C=O) groups is 2. The van der Waals surface area contributed by atoms with Crippen LogP contribution in [0.2, 0.25) is 0 Å². The average molecular weight is 401 g/mol. The minimum Gasteiger partial charge on any atom is -0.462 e. The van der Waals surface area contributed by atoms with Gasteiger partial charge in [-0.05, 0) is 80.5 Å². The molecule has 1 unspecified atom stereocenters. The molecule has 3 heteroatoms. The SMILES string of the molecule is CCC(C)C(=O)O[C@H](C)[C@H]1CC[C@H]2[C@@H]3CC(=O)[C@H]4CC=CC[C@]4(C)[C@H]3CC[C@]12C. The smallest absolute Gasteiger partial charge is 0.308 e. The molecule has 3 fully saturated rings. The second kappa shape index (κ2) is 7.54. The number of rotatable bonds is 4. The molecule has 0 spiro atoms. The van der Waals surface area contributed by atoms with Crippen LogP contribution in [0.1, 0.15) is 86.0 Å². The van der Waals surface area contributed by atoms with Gasteiger partial charge >= 0.3 is 5.97 Å². The summed E-state index contributed by atoms with van der Waals surface area (Å²) < 4.78 is 5.95. The average Bonchev–Trinajstić information content (AvgIpc) is 3.04. The van der Waals surface area contributed by atoms with Gasteiger partial charge in [0.25, 0.3) is 0 Å². The fourth-order valence-electron chi connectivity index (χ4n) is 8.02. The van der Waals surface area contributed by atoms with Crippen LogP contribution in [0.15, 0.2) is 12.2 Å². The summed E-state index contributed by atoms with van der Waals surface area (Å²) in [6.07, 6.45) is 12.9. The lowest BCUT2D eigenvalue weighted by Gasteiger charge is -2.59. The van der Waals surface area contributed by atoms with Crippen LogP contribution >= 0.6 is 0 Å². The van der Waals surface area contributed by atoms with E-state index in [1.54, 1.807) is 0 Å². The van der Waals surface area contributed by atoms with E-state index in [2.05, 4.69) is 32.9 Å². The maximum Gasteiger partial charge on any atom is 0.308 e. The lowest BCUT2D eigenvalue weighted by molar-refractivity contribution is -0.162. The van der Waals surface area contributed by atoms with Crippen molar-refractivity contribution < 1.29 is 14.3 Å². The molecule has 0 N–H and O–H groups in total. The largest absolute Gasteiger partial charge is 0.462 e. The Morgan fingerprint density at radius 3 is 2.59 bits per heavy atom. The fourth-order valence-corrected chi connectivity index (χ4v) is 8.02. The summed E-state index contributed by atoms with van der Waals surface area (Å²) in [7, 11) is 0. The van der Waals surface area contributed by atoms with Gasteiger partial charge in [0.15, 0.2) is 0 Å².